The Labute approximate surface area is 187 Å². The zero-order valence-corrected chi connectivity index (χ0v) is 19.5. The van der Waals surface area contributed by atoms with Crippen LogP contribution in [-0.2, 0) is 11.3 Å². The molecule has 1 aromatic heterocycles. The number of rotatable bonds is 13. The van der Waals surface area contributed by atoms with E-state index in [4.69, 9.17) is 15.7 Å². The number of hydrogen-bond donors (Lipinski definition) is 1. The van der Waals surface area contributed by atoms with E-state index in [0.29, 0.717) is 19.0 Å². The third kappa shape index (κ3) is 7.70. The van der Waals surface area contributed by atoms with E-state index in [9.17, 15) is 5.11 Å². The van der Waals surface area contributed by atoms with Gasteiger partial charge in [-0.2, -0.15) is 0 Å². The molecular weight excluding hydrogens is 390 g/mol. The minimum absolute atomic E-state index is 0.205. The van der Waals surface area contributed by atoms with Crippen LogP contribution in [0.15, 0.2) is 34.9 Å². The minimum atomic E-state index is -0.619. The minimum Gasteiger partial charge on any atom is -0.389 e. The SMILES string of the molecule is C#CCOC[C@@H](O)CN(CCC(C)C)Cc1c(-c2ccccc2)noc1N(C)C(C)C. The molecule has 6 nitrogen and oxygen atoms in total. The molecule has 1 atom stereocenters. The second-order valence-electron chi connectivity index (χ2n) is 8.68. The van der Waals surface area contributed by atoms with Crippen LogP contribution in [0, 0.1) is 18.3 Å². The van der Waals surface area contributed by atoms with Crippen molar-refractivity contribution in [3.63, 3.8) is 0 Å². The summed E-state index contributed by atoms with van der Waals surface area (Å²) in [6.07, 6.45) is 5.65. The molecule has 0 aliphatic carbocycles. The Morgan fingerprint density at radius 3 is 2.52 bits per heavy atom. The molecule has 0 spiro atoms. The number of aliphatic hydroxyl groups excluding tert-OH is 1. The Morgan fingerprint density at radius 1 is 1.19 bits per heavy atom. The lowest BCUT2D eigenvalue weighted by atomic mass is 10.1. The van der Waals surface area contributed by atoms with Gasteiger partial charge in [0.05, 0.1) is 18.3 Å². The summed E-state index contributed by atoms with van der Waals surface area (Å²) in [5.41, 5.74) is 2.89. The normalized spacial score (nSPS) is 12.5. The zero-order valence-electron chi connectivity index (χ0n) is 19.5. The van der Waals surface area contributed by atoms with Crippen molar-refractivity contribution in [1.29, 1.82) is 0 Å². The first-order valence-corrected chi connectivity index (χ1v) is 11.0. The quantitative estimate of drug-likeness (QED) is 0.384. The molecule has 0 saturated carbocycles. The molecule has 0 radical (unpaired) electrons. The number of aliphatic hydroxyl groups is 1. The van der Waals surface area contributed by atoms with Gasteiger partial charge in [-0.3, -0.25) is 4.90 Å². The first kappa shape index (κ1) is 24.9. The van der Waals surface area contributed by atoms with E-state index in [1.165, 1.54) is 0 Å². The van der Waals surface area contributed by atoms with Gasteiger partial charge in [-0.1, -0.05) is 55.3 Å². The fourth-order valence-electron chi connectivity index (χ4n) is 3.28. The van der Waals surface area contributed by atoms with Crippen molar-refractivity contribution in [1.82, 2.24) is 10.1 Å². The third-order valence-corrected chi connectivity index (χ3v) is 5.28. The molecule has 0 saturated heterocycles. The molecule has 2 rings (SSSR count). The number of ether oxygens (including phenoxy) is 1. The predicted octanol–water partition coefficient (Wildman–Crippen LogP) is 4.05. The molecule has 1 N–H and O–H groups in total. The number of terminal acetylenes is 1. The number of benzene rings is 1. The second kappa shape index (κ2) is 12.5. The van der Waals surface area contributed by atoms with E-state index in [0.717, 1.165) is 35.7 Å². The highest BCUT2D eigenvalue weighted by Crippen LogP contribution is 2.33. The van der Waals surface area contributed by atoms with Crippen molar-refractivity contribution in [3.05, 3.63) is 35.9 Å². The third-order valence-electron chi connectivity index (χ3n) is 5.28. The summed E-state index contributed by atoms with van der Waals surface area (Å²) < 4.78 is 11.2. The van der Waals surface area contributed by atoms with Crippen LogP contribution in [-0.4, -0.2) is 60.7 Å². The Kier molecular flexibility index (Phi) is 10.1. The lowest BCUT2D eigenvalue weighted by Crippen LogP contribution is -2.36. The second-order valence-corrected chi connectivity index (χ2v) is 8.68. The molecule has 0 bridgehead atoms. The largest absolute Gasteiger partial charge is 0.389 e. The summed E-state index contributed by atoms with van der Waals surface area (Å²) in [5.74, 6) is 3.76. The van der Waals surface area contributed by atoms with Gasteiger partial charge < -0.3 is 19.3 Å². The van der Waals surface area contributed by atoms with E-state index < -0.39 is 6.10 Å². The van der Waals surface area contributed by atoms with Crippen molar-refractivity contribution in [3.8, 4) is 23.6 Å². The summed E-state index contributed by atoms with van der Waals surface area (Å²) in [6.45, 7) is 11.0. The van der Waals surface area contributed by atoms with Crippen LogP contribution in [0.3, 0.4) is 0 Å². The Bertz CT molecular complexity index is 811. The average Bonchev–Trinajstić information content (AvgIpc) is 3.15. The van der Waals surface area contributed by atoms with E-state index in [2.05, 4.69) is 48.6 Å². The maximum atomic E-state index is 10.5. The highest BCUT2D eigenvalue weighted by Gasteiger charge is 2.25. The Hall–Kier alpha value is -2.33. The molecule has 170 valence electrons. The van der Waals surface area contributed by atoms with Crippen molar-refractivity contribution < 1.29 is 14.4 Å². The van der Waals surface area contributed by atoms with Gasteiger partial charge in [0.15, 0.2) is 0 Å². The highest BCUT2D eigenvalue weighted by molar-refractivity contribution is 5.68. The van der Waals surface area contributed by atoms with Gasteiger partial charge in [-0.15, -0.1) is 6.42 Å². The molecule has 0 amide bonds. The van der Waals surface area contributed by atoms with Crippen LogP contribution < -0.4 is 4.90 Å². The van der Waals surface area contributed by atoms with Gasteiger partial charge in [0, 0.05) is 31.7 Å². The molecule has 0 aliphatic heterocycles. The molecule has 6 heteroatoms. The van der Waals surface area contributed by atoms with Gasteiger partial charge in [0.1, 0.15) is 12.3 Å². The van der Waals surface area contributed by atoms with E-state index in [1.54, 1.807) is 0 Å². The number of aromatic nitrogens is 1. The van der Waals surface area contributed by atoms with E-state index in [-0.39, 0.29) is 19.3 Å². The van der Waals surface area contributed by atoms with Gasteiger partial charge in [0.2, 0.25) is 5.88 Å². The zero-order chi connectivity index (χ0) is 22.8. The molecule has 31 heavy (non-hydrogen) atoms. The summed E-state index contributed by atoms with van der Waals surface area (Å²) >= 11 is 0. The molecule has 2 aromatic rings. The fraction of sp³-hybridized carbons (Fsp3) is 0.560. The van der Waals surface area contributed by atoms with Gasteiger partial charge in [-0.25, -0.2) is 0 Å². The maximum Gasteiger partial charge on any atom is 0.232 e. The lowest BCUT2D eigenvalue weighted by molar-refractivity contribution is 0.0252. The Balaban J connectivity index is 2.31. The smallest absolute Gasteiger partial charge is 0.232 e. The van der Waals surface area contributed by atoms with Crippen LogP contribution in [0.4, 0.5) is 5.88 Å². The van der Waals surface area contributed by atoms with Crippen LogP contribution in [0.2, 0.25) is 0 Å². The first-order chi connectivity index (χ1) is 14.8. The molecule has 0 aliphatic rings. The summed E-state index contributed by atoms with van der Waals surface area (Å²) in [7, 11) is 2.02. The predicted molar refractivity (Wildman–Crippen MR) is 126 cm³/mol. The lowest BCUT2D eigenvalue weighted by Gasteiger charge is -2.27. The van der Waals surface area contributed by atoms with Crippen molar-refractivity contribution in [2.24, 2.45) is 5.92 Å². The average molecular weight is 428 g/mol. The number of nitrogens with zero attached hydrogens (tertiary/aromatic N) is 3. The molecule has 1 heterocycles. The summed E-state index contributed by atoms with van der Waals surface area (Å²) in [5, 5.41) is 14.9. The first-order valence-electron chi connectivity index (χ1n) is 11.0. The summed E-state index contributed by atoms with van der Waals surface area (Å²) in [6, 6.07) is 10.3. The number of anilines is 1. The van der Waals surface area contributed by atoms with Gasteiger partial charge in [-0.05, 0) is 32.7 Å². The maximum absolute atomic E-state index is 10.5. The molecule has 0 unspecified atom stereocenters. The van der Waals surface area contributed by atoms with Crippen LogP contribution >= 0.6 is 0 Å². The highest BCUT2D eigenvalue weighted by atomic mass is 16.5. The van der Waals surface area contributed by atoms with E-state index >= 15 is 0 Å². The van der Waals surface area contributed by atoms with E-state index in [1.807, 2.05) is 37.4 Å². The van der Waals surface area contributed by atoms with Gasteiger partial charge in [0.25, 0.3) is 0 Å². The fourth-order valence-corrected chi connectivity index (χ4v) is 3.28. The Morgan fingerprint density at radius 2 is 1.90 bits per heavy atom. The topological polar surface area (TPSA) is 62.0 Å². The van der Waals surface area contributed by atoms with Crippen molar-refractivity contribution in [2.45, 2.75) is 52.8 Å². The van der Waals surface area contributed by atoms with Crippen molar-refractivity contribution >= 4 is 5.88 Å². The summed E-state index contributed by atoms with van der Waals surface area (Å²) in [4.78, 5) is 4.35. The number of hydrogen-bond acceptors (Lipinski definition) is 6. The van der Waals surface area contributed by atoms with Crippen LogP contribution in [0.5, 0.6) is 0 Å². The van der Waals surface area contributed by atoms with Gasteiger partial charge >= 0.3 is 0 Å². The van der Waals surface area contributed by atoms with Crippen LogP contribution in [0.25, 0.3) is 11.3 Å². The molecule has 0 fully saturated rings. The van der Waals surface area contributed by atoms with Crippen LogP contribution in [0.1, 0.15) is 39.7 Å². The molecular formula is C25H37N3O3. The molecule has 1 aromatic carbocycles. The monoisotopic (exact) mass is 427 g/mol. The standard InChI is InChI=1S/C25H37N3O3/c1-7-15-30-18-22(29)16-28(14-13-19(2)3)17-23-24(21-11-9-8-10-12-21)26-31-25(23)27(6)20(4)5/h1,8-12,19-20,22,29H,13-18H2,2-6H3/t22-/m0/s1. The van der Waals surface area contributed by atoms with Crippen molar-refractivity contribution in [2.75, 3.05) is 38.3 Å².